The Bertz CT molecular complexity index is 425. The van der Waals surface area contributed by atoms with Crippen LogP contribution in [0.1, 0.15) is 33.6 Å². The SMILES string of the molecule is CC(C)(C)OC(=O)N1CCC(O)(CN2CCNCC2=O)CC1. The molecular formula is C15H27N3O4. The van der Waals surface area contributed by atoms with E-state index in [1.165, 1.54) is 0 Å². The third-order valence-corrected chi connectivity index (χ3v) is 4.02. The zero-order chi connectivity index (χ0) is 16.4. The Morgan fingerprint density at radius 3 is 2.50 bits per heavy atom. The highest BCUT2D eigenvalue weighted by atomic mass is 16.6. The van der Waals surface area contributed by atoms with E-state index in [4.69, 9.17) is 4.74 Å². The van der Waals surface area contributed by atoms with Crippen molar-refractivity contribution in [1.82, 2.24) is 15.1 Å². The summed E-state index contributed by atoms with van der Waals surface area (Å²) in [6, 6.07) is 0. The van der Waals surface area contributed by atoms with Crippen LogP contribution in [-0.2, 0) is 9.53 Å². The molecule has 126 valence electrons. The number of carbonyl (C=O) groups is 2. The van der Waals surface area contributed by atoms with Crippen molar-refractivity contribution < 1.29 is 19.4 Å². The molecule has 2 N–H and O–H groups in total. The molecule has 0 aromatic heterocycles. The molecule has 0 radical (unpaired) electrons. The second-order valence-corrected chi connectivity index (χ2v) is 7.18. The van der Waals surface area contributed by atoms with Crippen molar-refractivity contribution in [3.8, 4) is 0 Å². The van der Waals surface area contributed by atoms with Gasteiger partial charge in [-0.25, -0.2) is 4.79 Å². The van der Waals surface area contributed by atoms with E-state index in [-0.39, 0.29) is 12.0 Å². The van der Waals surface area contributed by atoms with E-state index in [0.717, 1.165) is 6.54 Å². The summed E-state index contributed by atoms with van der Waals surface area (Å²) < 4.78 is 5.34. The molecule has 0 atom stereocenters. The maximum atomic E-state index is 12.0. The number of ether oxygens (including phenoxy) is 1. The Balaban J connectivity index is 1.85. The average Bonchev–Trinajstić information content (AvgIpc) is 2.40. The summed E-state index contributed by atoms with van der Waals surface area (Å²) in [5.74, 6) is 0.0225. The topological polar surface area (TPSA) is 82.1 Å². The molecule has 2 amide bonds. The van der Waals surface area contributed by atoms with Gasteiger partial charge in [-0.05, 0) is 33.6 Å². The quantitative estimate of drug-likeness (QED) is 0.760. The highest BCUT2D eigenvalue weighted by molar-refractivity contribution is 5.79. The third kappa shape index (κ3) is 4.58. The first-order valence-corrected chi connectivity index (χ1v) is 7.87. The van der Waals surface area contributed by atoms with Gasteiger partial charge in [0.1, 0.15) is 5.60 Å². The molecule has 0 aromatic rings. The fourth-order valence-corrected chi connectivity index (χ4v) is 2.76. The first-order valence-electron chi connectivity index (χ1n) is 7.87. The van der Waals surface area contributed by atoms with Gasteiger partial charge < -0.3 is 25.0 Å². The maximum Gasteiger partial charge on any atom is 0.410 e. The van der Waals surface area contributed by atoms with Crippen LogP contribution in [-0.4, -0.2) is 77.4 Å². The molecular weight excluding hydrogens is 286 g/mol. The monoisotopic (exact) mass is 313 g/mol. The molecule has 2 heterocycles. The van der Waals surface area contributed by atoms with Crippen molar-refractivity contribution in [2.24, 2.45) is 0 Å². The predicted octanol–water partition coefficient (Wildman–Crippen LogP) is 0.180. The van der Waals surface area contributed by atoms with Crippen molar-refractivity contribution >= 4 is 12.0 Å². The van der Waals surface area contributed by atoms with E-state index in [9.17, 15) is 14.7 Å². The standard InChI is InChI=1S/C15H27N3O4/c1-14(2,3)22-13(20)17-7-4-15(21,5-8-17)11-18-9-6-16-10-12(18)19/h16,21H,4-11H2,1-3H3. The first kappa shape index (κ1) is 17.0. The van der Waals surface area contributed by atoms with Gasteiger partial charge in [-0.3, -0.25) is 4.79 Å². The molecule has 2 saturated heterocycles. The van der Waals surface area contributed by atoms with Crippen molar-refractivity contribution in [1.29, 1.82) is 0 Å². The summed E-state index contributed by atoms with van der Waals surface area (Å²) in [4.78, 5) is 27.2. The second-order valence-electron chi connectivity index (χ2n) is 7.18. The van der Waals surface area contributed by atoms with Gasteiger partial charge in [-0.2, -0.15) is 0 Å². The fraction of sp³-hybridized carbons (Fsp3) is 0.867. The minimum atomic E-state index is -0.911. The van der Waals surface area contributed by atoms with E-state index < -0.39 is 11.2 Å². The number of hydrogen-bond acceptors (Lipinski definition) is 5. The summed E-state index contributed by atoms with van der Waals surface area (Å²) in [6.45, 7) is 8.46. The lowest BCUT2D eigenvalue weighted by atomic mass is 9.90. The van der Waals surface area contributed by atoms with Crippen LogP contribution < -0.4 is 5.32 Å². The van der Waals surface area contributed by atoms with Gasteiger partial charge in [0.25, 0.3) is 0 Å². The molecule has 7 nitrogen and oxygen atoms in total. The van der Waals surface area contributed by atoms with Crippen molar-refractivity contribution in [2.45, 2.75) is 44.8 Å². The third-order valence-electron chi connectivity index (χ3n) is 4.02. The second kappa shape index (κ2) is 6.42. The number of likely N-dealkylation sites (tertiary alicyclic amines) is 1. The normalized spacial score (nSPS) is 22.6. The Morgan fingerprint density at radius 1 is 1.32 bits per heavy atom. The zero-order valence-corrected chi connectivity index (χ0v) is 13.7. The number of piperidine rings is 1. The number of amides is 2. The van der Waals surface area contributed by atoms with E-state index in [1.54, 1.807) is 9.80 Å². The van der Waals surface area contributed by atoms with Gasteiger partial charge in [-0.15, -0.1) is 0 Å². The van der Waals surface area contributed by atoms with Crippen LogP contribution in [0.25, 0.3) is 0 Å². The Kier molecular flexibility index (Phi) is 4.97. The minimum absolute atomic E-state index is 0.0225. The molecule has 0 unspecified atom stereocenters. The van der Waals surface area contributed by atoms with Crippen LogP contribution in [0.4, 0.5) is 4.79 Å². The largest absolute Gasteiger partial charge is 0.444 e. The number of rotatable bonds is 2. The number of nitrogens with one attached hydrogen (secondary N) is 1. The first-order chi connectivity index (χ1) is 10.2. The van der Waals surface area contributed by atoms with Gasteiger partial charge in [0.05, 0.1) is 12.1 Å². The van der Waals surface area contributed by atoms with Crippen molar-refractivity contribution in [3.05, 3.63) is 0 Å². The van der Waals surface area contributed by atoms with Crippen LogP contribution in [0.2, 0.25) is 0 Å². The molecule has 2 fully saturated rings. The summed E-state index contributed by atoms with van der Waals surface area (Å²) in [5.41, 5.74) is -1.43. The fourth-order valence-electron chi connectivity index (χ4n) is 2.76. The molecule has 0 aliphatic carbocycles. The number of nitrogens with zero attached hydrogens (tertiary/aromatic N) is 2. The number of β-amino-alcohol motifs (C(OH)–C–C–N with tert-alkyl or cyclic N) is 1. The molecule has 0 spiro atoms. The molecule has 0 aromatic carbocycles. The lowest BCUT2D eigenvalue weighted by Gasteiger charge is -2.41. The predicted molar refractivity (Wildman–Crippen MR) is 81.4 cm³/mol. The average molecular weight is 313 g/mol. The Labute approximate surface area is 131 Å². The van der Waals surface area contributed by atoms with Gasteiger partial charge in [0, 0.05) is 32.7 Å². The number of carbonyl (C=O) groups excluding carboxylic acids is 2. The lowest BCUT2D eigenvalue weighted by Crippen LogP contribution is -2.57. The van der Waals surface area contributed by atoms with Gasteiger partial charge in [0.15, 0.2) is 0 Å². The molecule has 22 heavy (non-hydrogen) atoms. The van der Waals surface area contributed by atoms with Crippen LogP contribution in [0.3, 0.4) is 0 Å². The summed E-state index contributed by atoms with van der Waals surface area (Å²) in [6.07, 6.45) is 0.584. The van der Waals surface area contributed by atoms with E-state index in [0.29, 0.717) is 45.6 Å². The lowest BCUT2D eigenvalue weighted by molar-refractivity contribution is -0.137. The van der Waals surface area contributed by atoms with Crippen molar-refractivity contribution in [3.63, 3.8) is 0 Å². The maximum absolute atomic E-state index is 12.0. The van der Waals surface area contributed by atoms with Crippen molar-refractivity contribution in [2.75, 3.05) is 39.3 Å². The number of hydrogen-bond donors (Lipinski definition) is 2. The van der Waals surface area contributed by atoms with E-state index in [1.807, 2.05) is 20.8 Å². The van der Waals surface area contributed by atoms with Crippen LogP contribution in [0.5, 0.6) is 0 Å². The smallest absolute Gasteiger partial charge is 0.410 e. The van der Waals surface area contributed by atoms with Crippen LogP contribution in [0.15, 0.2) is 0 Å². The van der Waals surface area contributed by atoms with Gasteiger partial charge in [0.2, 0.25) is 5.91 Å². The molecule has 2 aliphatic rings. The van der Waals surface area contributed by atoms with Crippen LogP contribution in [0, 0.1) is 0 Å². The molecule has 0 bridgehead atoms. The van der Waals surface area contributed by atoms with Gasteiger partial charge in [-0.1, -0.05) is 0 Å². The Morgan fingerprint density at radius 2 is 1.95 bits per heavy atom. The number of aliphatic hydroxyl groups is 1. The summed E-state index contributed by atoms with van der Waals surface area (Å²) in [5, 5.41) is 13.7. The Hall–Kier alpha value is -1.34. The highest BCUT2D eigenvalue weighted by Crippen LogP contribution is 2.25. The van der Waals surface area contributed by atoms with E-state index >= 15 is 0 Å². The molecule has 7 heteroatoms. The highest BCUT2D eigenvalue weighted by Gasteiger charge is 2.38. The molecule has 2 rings (SSSR count). The number of piperazine rings is 1. The van der Waals surface area contributed by atoms with Gasteiger partial charge >= 0.3 is 6.09 Å². The minimum Gasteiger partial charge on any atom is -0.444 e. The molecule has 2 aliphatic heterocycles. The van der Waals surface area contributed by atoms with Crippen LogP contribution >= 0.6 is 0 Å². The zero-order valence-electron chi connectivity index (χ0n) is 13.7. The summed E-state index contributed by atoms with van der Waals surface area (Å²) >= 11 is 0. The molecule has 0 saturated carbocycles. The van der Waals surface area contributed by atoms with E-state index in [2.05, 4.69) is 5.32 Å². The summed E-state index contributed by atoms with van der Waals surface area (Å²) in [7, 11) is 0.